The summed E-state index contributed by atoms with van der Waals surface area (Å²) < 4.78 is 0. The highest BCUT2D eigenvalue weighted by atomic mass is 16.3. The van der Waals surface area contributed by atoms with E-state index in [1.165, 1.54) is 6.07 Å². The van der Waals surface area contributed by atoms with Crippen LogP contribution < -0.4 is 0 Å². The van der Waals surface area contributed by atoms with Gasteiger partial charge in [-0.05, 0) is 36.1 Å². The summed E-state index contributed by atoms with van der Waals surface area (Å²) in [6.07, 6.45) is -1.31. The highest BCUT2D eigenvalue weighted by molar-refractivity contribution is 6.31. The predicted molar refractivity (Wildman–Crippen MR) is 93.1 cm³/mol. The van der Waals surface area contributed by atoms with E-state index >= 15 is 0 Å². The summed E-state index contributed by atoms with van der Waals surface area (Å²) in [7, 11) is 0. The molecule has 0 fully saturated rings. The van der Waals surface area contributed by atoms with Gasteiger partial charge in [-0.1, -0.05) is 13.3 Å². The van der Waals surface area contributed by atoms with E-state index in [9.17, 15) is 35.1 Å². The van der Waals surface area contributed by atoms with Crippen LogP contribution in [0, 0.1) is 5.92 Å². The number of ketones is 2. The molecule has 4 rings (SSSR count). The first-order valence-electron chi connectivity index (χ1n) is 8.68. The van der Waals surface area contributed by atoms with Gasteiger partial charge in [0.25, 0.3) is 0 Å². The molecule has 0 spiro atoms. The minimum absolute atomic E-state index is 0.0233. The van der Waals surface area contributed by atoms with Gasteiger partial charge in [0.15, 0.2) is 5.78 Å². The van der Waals surface area contributed by atoms with E-state index in [-0.39, 0.29) is 45.7 Å². The lowest BCUT2D eigenvalue weighted by atomic mass is 9.73. The molecule has 0 aliphatic heterocycles. The first-order valence-corrected chi connectivity index (χ1v) is 8.68. The van der Waals surface area contributed by atoms with Gasteiger partial charge in [-0.15, -0.1) is 0 Å². The third-order valence-electron chi connectivity index (χ3n) is 5.61. The van der Waals surface area contributed by atoms with Crippen molar-refractivity contribution in [3.05, 3.63) is 51.6 Å². The van der Waals surface area contributed by atoms with E-state index in [0.29, 0.717) is 6.42 Å². The van der Waals surface area contributed by atoms with Crippen LogP contribution in [-0.2, 0) is 0 Å². The molecule has 27 heavy (non-hydrogen) atoms. The average molecular weight is 370 g/mol. The molecule has 2 aromatic carbocycles. The normalized spacial score (nSPS) is 23.6. The zero-order chi connectivity index (χ0) is 19.6. The van der Waals surface area contributed by atoms with Gasteiger partial charge in [-0.3, -0.25) is 9.59 Å². The number of benzene rings is 2. The minimum Gasteiger partial charge on any atom is -0.507 e. The Labute approximate surface area is 154 Å². The predicted octanol–water partition coefficient (Wildman–Crippen LogP) is 2.08. The van der Waals surface area contributed by atoms with E-state index in [1.54, 1.807) is 0 Å². The van der Waals surface area contributed by atoms with Gasteiger partial charge in [-0.2, -0.15) is 0 Å². The van der Waals surface area contributed by atoms with Crippen molar-refractivity contribution in [3.63, 3.8) is 0 Å². The molecule has 0 unspecified atom stereocenters. The van der Waals surface area contributed by atoms with E-state index < -0.39 is 41.0 Å². The third kappa shape index (κ3) is 2.22. The number of carbonyl (C=O) groups is 2. The minimum atomic E-state index is -1.10. The highest BCUT2D eigenvalue weighted by Crippen LogP contribution is 2.49. The van der Waals surface area contributed by atoms with Crippen LogP contribution in [-0.4, -0.2) is 37.1 Å². The Bertz CT molecular complexity index is 1010. The molecule has 0 radical (unpaired) electrons. The molecule has 0 saturated carbocycles. The average Bonchev–Trinajstić information content (AvgIpc) is 2.63. The molecule has 5 N–H and O–H groups in total. The number of aromatic hydroxyl groups is 3. The number of phenols is 3. The first kappa shape index (κ1) is 17.5. The van der Waals surface area contributed by atoms with Gasteiger partial charge in [0.1, 0.15) is 17.2 Å². The summed E-state index contributed by atoms with van der Waals surface area (Å²) in [4.78, 5) is 25.8. The van der Waals surface area contributed by atoms with Crippen molar-refractivity contribution < 1.29 is 35.1 Å². The second-order valence-electron chi connectivity index (χ2n) is 7.03. The molecule has 0 heterocycles. The fraction of sp³-hybridized carbons (Fsp3) is 0.300. The fourth-order valence-corrected chi connectivity index (χ4v) is 4.19. The number of hydrogen-bond donors (Lipinski definition) is 5. The van der Waals surface area contributed by atoms with Crippen molar-refractivity contribution in [2.75, 3.05) is 0 Å². The molecule has 2 aliphatic rings. The number of rotatable bonds is 1. The monoisotopic (exact) mass is 370 g/mol. The summed E-state index contributed by atoms with van der Waals surface area (Å²) in [5, 5.41) is 51.8. The first-order chi connectivity index (χ1) is 12.8. The number of aliphatic hydroxyl groups excluding tert-OH is 2. The smallest absolute Gasteiger partial charge is 0.202 e. The van der Waals surface area contributed by atoms with Crippen molar-refractivity contribution >= 4 is 11.6 Å². The Kier molecular flexibility index (Phi) is 3.76. The Morgan fingerprint density at radius 1 is 0.963 bits per heavy atom. The van der Waals surface area contributed by atoms with Gasteiger partial charge in [0, 0.05) is 11.1 Å². The molecular weight excluding hydrogens is 352 g/mol. The van der Waals surface area contributed by atoms with Gasteiger partial charge < -0.3 is 25.5 Å². The number of hydrogen-bond acceptors (Lipinski definition) is 7. The largest absolute Gasteiger partial charge is 0.507 e. The van der Waals surface area contributed by atoms with Crippen LogP contribution in [0.5, 0.6) is 17.2 Å². The molecule has 0 bridgehead atoms. The number of aliphatic hydroxyl groups is 2. The summed E-state index contributed by atoms with van der Waals surface area (Å²) in [6.45, 7) is 1.86. The van der Waals surface area contributed by atoms with Gasteiger partial charge in [-0.25, -0.2) is 0 Å². The Morgan fingerprint density at radius 2 is 1.56 bits per heavy atom. The topological polar surface area (TPSA) is 135 Å². The molecule has 7 heteroatoms. The lowest BCUT2D eigenvalue weighted by Crippen LogP contribution is -2.28. The molecule has 7 nitrogen and oxygen atoms in total. The lowest BCUT2D eigenvalue weighted by Gasteiger charge is -2.34. The number of fused-ring (bicyclic) bond motifs is 3. The maximum absolute atomic E-state index is 12.9. The molecule has 0 aromatic heterocycles. The van der Waals surface area contributed by atoms with Crippen LogP contribution in [0.2, 0.25) is 0 Å². The number of phenolic OH excluding ortho intramolecular Hbond substituents is 3. The molecule has 140 valence electrons. The second-order valence-corrected chi connectivity index (χ2v) is 7.03. The molecule has 2 aromatic rings. The van der Waals surface area contributed by atoms with Crippen LogP contribution in [0.25, 0.3) is 0 Å². The lowest BCUT2D eigenvalue weighted by molar-refractivity contribution is 0.0352. The van der Waals surface area contributed by atoms with Crippen LogP contribution in [0.3, 0.4) is 0 Å². The van der Waals surface area contributed by atoms with Crippen molar-refractivity contribution in [1.29, 1.82) is 0 Å². The molecule has 0 amide bonds. The molecule has 2 aliphatic carbocycles. The molecule has 0 saturated heterocycles. The zero-order valence-corrected chi connectivity index (χ0v) is 14.4. The van der Waals surface area contributed by atoms with Crippen molar-refractivity contribution in [3.8, 4) is 17.2 Å². The summed E-state index contributed by atoms with van der Waals surface area (Å²) in [5.41, 5.74) is -1.03. The highest BCUT2D eigenvalue weighted by Gasteiger charge is 2.42. The summed E-state index contributed by atoms with van der Waals surface area (Å²) >= 11 is 0. The Balaban J connectivity index is 2.03. The summed E-state index contributed by atoms with van der Waals surface area (Å²) in [5.74, 6) is -3.36. The maximum atomic E-state index is 12.9. The van der Waals surface area contributed by atoms with Crippen LogP contribution >= 0.6 is 0 Å². The van der Waals surface area contributed by atoms with Crippen LogP contribution in [0.15, 0.2) is 18.2 Å². The fourth-order valence-electron chi connectivity index (χ4n) is 4.19. The van der Waals surface area contributed by atoms with Crippen LogP contribution in [0.4, 0.5) is 0 Å². The van der Waals surface area contributed by atoms with Crippen LogP contribution in [0.1, 0.15) is 74.9 Å². The maximum Gasteiger partial charge on any atom is 0.202 e. The van der Waals surface area contributed by atoms with E-state index in [4.69, 9.17) is 0 Å². The second kappa shape index (κ2) is 5.80. The van der Waals surface area contributed by atoms with Crippen molar-refractivity contribution in [1.82, 2.24) is 0 Å². The standard InChI is InChI=1S/C20H18O7/c1-2-7-5-12(23)13-8(17(7)24)6-9-14(19(13)26)20(27)16-11(22)4-3-10(21)15(16)18(9)25/h3-4,6-7,12,17,21-24,26H,2,5H2,1H3/t7-,12+,17-/m0/s1. The Hall–Kier alpha value is -2.90. The number of carbonyl (C=O) groups excluding carboxylic acids is 2. The van der Waals surface area contributed by atoms with Crippen molar-refractivity contribution in [2.45, 2.75) is 32.0 Å². The summed E-state index contributed by atoms with van der Waals surface area (Å²) in [6, 6.07) is 3.49. The van der Waals surface area contributed by atoms with E-state index in [1.807, 2.05) is 6.92 Å². The quantitative estimate of drug-likeness (QED) is 0.414. The SMILES string of the molecule is CC[C@H]1C[C@@H](O)c2c(cc3c(c2O)C(=O)c2c(O)ccc(O)c2C3=O)[C@H]1O. The molecular formula is C20H18O7. The zero-order valence-electron chi connectivity index (χ0n) is 14.4. The Morgan fingerprint density at radius 3 is 2.15 bits per heavy atom. The van der Waals surface area contributed by atoms with E-state index in [0.717, 1.165) is 12.1 Å². The third-order valence-corrected chi connectivity index (χ3v) is 5.61. The van der Waals surface area contributed by atoms with E-state index in [2.05, 4.69) is 0 Å². The van der Waals surface area contributed by atoms with Crippen molar-refractivity contribution in [2.24, 2.45) is 5.92 Å². The molecule has 3 atom stereocenters. The van der Waals surface area contributed by atoms with Gasteiger partial charge >= 0.3 is 0 Å². The van der Waals surface area contributed by atoms with Gasteiger partial charge in [0.05, 0.1) is 28.9 Å². The van der Waals surface area contributed by atoms with Gasteiger partial charge in [0.2, 0.25) is 5.78 Å².